The lowest BCUT2D eigenvalue weighted by atomic mass is 9.58. The molecule has 2 nitrogen and oxygen atoms in total. The van der Waals surface area contributed by atoms with Crippen LogP contribution in [0.4, 0.5) is 0 Å². The zero-order valence-electron chi connectivity index (χ0n) is 15.0. The summed E-state index contributed by atoms with van der Waals surface area (Å²) in [6.45, 7) is 14.9. The van der Waals surface area contributed by atoms with Gasteiger partial charge < -0.3 is 0 Å². The highest BCUT2D eigenvalue weighted by atomic mass is 16.7. The van der Waals surface area contributed by atoms with Crippen LogP contribution >= 0.6 is 0 Å². The third kappa shape index (κ3) is 2.41. The first-order chi connectivity index (χ1) is 10.3. The normalized spacial score (nSPS) is 38.0. The van der Waals surface area contributed by atoms with Crippen molar-refractivity contribution in [2.24, 2.45) is 11.8 Å². The van der Waals surface area contributed by atoms with E-state index in [0.717, 1.165) is 6.54 Å². The molecule has 2 heteroatoms. The molecule has 0 amide bonds. The Morgan fingerprint density at radius 1 is 1.18 bits per heavy atom. The molecule has 0 spiro atoms. The summed E-state index contributed by atoms with van der Waals surface area (Å²) in [7, 11) is 0. The molecule has 1 aliphatic heterocycles. The largest absolute Gasteiger partial charge is 0.292 e. The van der Waals surface area contributed by atoms with Crippen LogP contribution < -0.4 is 0 Å². The van der Waals surface area contributed by atoms with E-state index in [0.29, 0.717) is 17.9 Å². The number of benzene rings is 1. The third-order valence-electron chi connectivity index (χ3n) is 6.12. The van der Waals surface area contributed by atoms with E-state index in [1.165, 1.54) is 24.0 Å². The summed E-state index contributed by atoms with van der Waals surface area (Å²) in [5, 5.41) is 2.26. The molecule has 2 aliphatic rings. The van der Waals surface area contributed by atoms with Gasteiger partial charge in [-0.15, -0.1) is 0 Å². The van der Waals surface area contributed by atoms with Crippen molar-refractivity contribution in [1.82, 2.24) is 5.06 Å². The molecule has 0 bridgehead atoms. The molecular weight excluding hydrogens is 270 g/mol. The third-order valence-corrected chi connectivity index (χ3v) is 6.12. The SMILES string of the molecule is CCN1OC(C)(C)[C@@H]2C[C@](C)(c3ccccc3C)CC(C)[C@H]21. The lowest BCUT2D eigenvalue weighted by Crippen LogP contribution is -2.49. The van der Waals surface area contributed by atoms with Gasteiger partial charge in [0.15, 0.2) is 0 Å². The molecule has 1 aromatic rings. The fourth-order valence-corrected chi connectivity index (χ4v) is 5.24. The van der Waals surface area contributed by atoms with E-state index < -0.39 is 0 Å². The molecule has 4 atom stereocenters. The molecule has 122 valence electrons. The van der Waals surface area contributed by atoms with Gasteiger partial charge in [-0.2, -0.15) is 5.06 Å². The van der Waals surface area contributed by atoms with Gasteiger partial charge in [-0.05, 0) is 56.1 Å². The molecule has 0 radical (unpaired) electrons. The maximum Gasteiger partial charge on any atom is 0.0888 e. The second-order valence-corrected chi connectivity index (χ2v) is 8.29. The van der Waals surface area contributed by atoms with Gasteiger partial charge in [0, 0.05) is 18.5 Å². The van der Waals surface area contributed by atoms with Crippen molar-refractivity contribution in [2.45, 2.75) is 71.4 Å². The first kappa shape index (κ1) is 16.0. The van der Waals surface area contributed by atoms with Gasteiger partial charge in [0.2, 0.25) is 0 Å². The fraction of sp³-hybridized carbons (Fsp3) is 0.700. The van der Waals surface area contributed by atoms with Gasteiger partial charge >= 0.3 is 0 Å². The van der Waals surface area contributed by atoms with E-state index >= 15 is 0 Å². The predicted molar refractivity (Wildman–Crippen MR) is 91.8 cm³/mol. The van der Waals surface area contributed by atoms with Crippen LogP contribution in [0.2, 0.25) is 0 Å². The van der Waals surface area contributed by atoms with Crippen molar-refractivity contribution in [3.63, 3.8) is 0 Å². The van der Waals surface area contributed by atoms with Gasteiger partial charge in [0.1, 0.15) is 0 Å². The smallest absolute Gasteiger partial charge is 0.0888 e. The van der Waals surface area contributed by atoms with Crippen LogP contribution in [0.5, 0.6) is 0 Å². The van der Waals surface area contributed by atoms with E-state index in [2.05, 4.69) is 70.9 Å². The van der Waals surface area contributed by atoms with Crippen LogP contribution in [-0.2, 0) is 10.3 Å². The molecule has 22 heavy (non-hydrogen) atoms. The molecule has 3 rings (SSSR count). The van der Waals surface area contributed by atoms with Crippen LogP contribution in [0, 0.1) is 18.8 Å². The van der Waals surface area contributed by atoms with E-state index in [4.69, 9.17) is 4.84 Å². The number of fused-ring (bicyclic) bond motifs is 1. The first-order valence-corrected chi connectivity index (χ1v) is 8.80. The number of hydroxylamine groups is 2. The Labute approximate surface area is 135 Å². The number of aryl methyl sites for hydroxylation is 1. The van der Waals surface area contributed by atoms with Gasteiger partial charge in [-0.1, -0.05) is 45.0 Å². The summed E-state index contributed by atoms with van der Waals surface area (Å²) in [6.07, 6.45) is 2.46. The molecule has 1 saturated heterocycles. The maximum atomic E-state index is 6.31. The number of hydrogen-bond donors (Lipinski definition) is 0. The minimum Gasteiger partial charge on any atom is -0.292 e. The Balaban J connectivity index is 1.98. The lowest BCUT2D eigenvalue weighted by molar-refractivity contribution is -0.195. The fourth-order valence-electron chi connectivity index (χ4n) is 5.24. The summed E-state index contributed by atoms with van der Waals surface area (Å²) in [6, 6.07) is 9.50. The molecule has 2 fully saturated rings. The summed E-state index contributed by atoms with van der Waals surface area (Å²) in [4.78, 5) is 6.31. The summed E-state index contributed by atoms with van der Waals surface area (Å²) >= 11 is 0. The Bertz CT molecular complexity index is 552. The predicted octanol–water partition coefficient (Wildman–Crippen LogP) is 4.71. The molecule has 1 heterocycles. The van der Waals surface area contributed by atoms with Crippen LogP contribution in [0.1, 0.15) is 58.6 Å². The van der Waals surface area contributed by atoms with Crippen molar-refractivity contribution in [1.29, 1.82) is 0 Å². The Morgan fingerprint density at radius 2 is 1.86 bits per heavy atom. The highest BCUT2D eigenvalue weighted by molar-refractivity contribution is 5.34. The summed E-state index contributed by atoms with van der Waals surface area (Å²) in [5.74, 6) is 1.26. The lowest BCUT2D eigenvalue weighted by Gasteiger charge is -2.47. The molecule has 0 aromatic heterocycles. The molecule has 1 saturated carbocycles. The van der Waals surface area contributed by atoms with E-state index in [9.17, 15) is 0 Å². The van der Waals surface area contributed by atoms with E-state index in [1.807, 2.05) is 0 Å². The number of nitrogens with zero attached hydrogens (tertiary/aromatic N) is 1. The topological polar surface area (TPSA) is 12.5 Å². The minimum atomic E-state index is -0.0562. The van der Waals surface area contributed by atoms with Crippen LogP contribution in [0.25, 0.3) is 0 Å². The average molecular weight is 301 g/mol. The zero-order valence-corrected chi connectivity index (χ0v) is 15.0. The summed E-state index contributed by atoms with van der Waals surface area (Å²) in [5.41, 5.74) is 3.17. The second-order valence-electron chi connectivity index (χ2n) is 8.29. The first-order valence-electron chi connectivity index (χ1n) is 8.80. The molecular formula is C20H31NO. The Kier molecular flexibility index (Phi) is 3.89. The van der Waals surface area contributed by atoms with Crippen molar-refractivity contribution >= 4 is 0 Å². The number of rotatable bonds is 2. The highest BCUT2D eigenvalue weighted by Crippen LogP contribution is 2.53. The Hall–Kier alpha value is -0.860. The van der Waals surface area contributed by atoms with Crippen LogP contribution in [-0.4, -0.2) is 23.3 Å². The zero-order chi connectivity index (χ0) is 16.1. The number of hydrogen-bond acceptors (Lipinski definition) is 2. The Morgan fingerprint density at radius 3 is 2.50 bits per heavy atom. The molecule has 1 aliphatic carbocycles. The molecule has 1 aromatic carbocycles. The molecule has 1 unspecified atom stereocenters. The summed E-state index contributed by atoms with van der Waals surface area (Å²) < 4.78 is 0. The maximum absolute atomic E-state index is 6.31. The monoisotopic (exact) mass is 301 g/mol. The van der Waals surface area contributed by atoms with Gasteiger partial charge in [-0.25, -0.2) is 0 Å². The average Bonchev–Trinajstić information content (AvgIpc) is 2.70. The van der Waals surface area contributed by atoms with Crippen LogP contribution in [0.15, 0.2) is 24.3 Å². The van der Waals surface area contributed by atoms with Crippen molar-refractivity contribution in [3.05, 3.63) is 35.4 Å². The van der Waals surface area contributed by atoms with Gasteiger partial charge in [-0.3, -0.25) is 4.84 Å². The van der Waals surface area contributed by atoms with Crippen molar-refractivity contribution in [3.8, 4) is 0 Å². The van der Waals surface area contributed by atoms with Crippen LogP contribution in [0.3, 0.4) is 0 Å². The van der Waals surface area contributed by atoms with Gasteiger partial charge in [0.25, 0.3) is 0 Å². The van der Waals surface area contributed by atoms with Crippen molar-refractivity contribution < 1.29 is 4.84 Å². The van der Waals surface area contributed by atoms with E-state index in [1.54, 1.807) is 0 Å². The quantitative estimate of drug-likeness (QED) is 0.784. The minimum absolute atomic E-state index is 0.0562. The highest BCUT2D eigenvalue weighted by Gasteiger charge is 2.56. The van der Waals surface area contributed by atoms with Crippen molar-refractivity contribution in [2.75, 3.05) is 6.54 Å². The van der Waals surface area contributed by atoms with Gasteiger partial charge in [0.05, 0.1) is 5.60 Å². The molecule has 0 N–H and O–H groups in total. The standard InChI is InChI=1S/C20H31NO/c1-7-21-18-15(3)12-20(6,13-17(18)19(4,5)22-21)16-11-9-8-10-14(16)2/h8-11,15,17-18H,7,12-13H2,1-6H3/t15?,17-,18-,20-/m1/s1. The van der Waals surface area contributed by atoms with E-state index in [-0.39, 0.29) is 11.0 Å². The second kappa shape index (κ2) is 5.35.